The van der Waals surface area contributed by atoms with Crippen LogP contribution in [0, 0.1) is 13.8 Å². The van der Waals surface area contributed by atoms with Crippen LogP contribution in [-0.4, -0.2) is 55.8 Å². The van der Waals surface area contributed by atoms with Gasteiger partial charge in [0.15, 0.2) is 12.1 Å². The minimum absolute atomic E-state index is 0.284. The van der Waals surface area contributed by atoms with Gasteiger partial charge in [-0.15, -0.1) is 11.3 Å². The molecule has 35 heavy (non-hydrogen) atoms. The zero-order valence-electron chi connectivity index (χ0n) is 19.0. The van der Waals surface area contributed by atoms with Crippen molar-refractivity contribution in [2.45, 2.75) is 50.6 Å². The van der Waals surface area contributed by atoms with E-state index in [4.69, 9.17) is 19.9 Å². The van der Waals surface area contributed by atoms with Crippen molar-refractivity contribution in [3.8, 4) is 5.69 Å². The van der Waals surface area contributed by atoms with Crippen molar-refractivity contribution < 1.29 is 19.3 Å². The Balaban J connectivity index is 1.31. The van der Waals surface area contributed by atoms with E-state index in [2.05, 4.69) is 31.0 Å². The van der Waals surface area contributed by atoms with Gasteiger partial charge in [-0.2, -0.15) is 5.10 Å². The Morgan fingerprint density at radius 1 is 1.14 bits per heavy atom. The van der Waals surface area contributed by atoms with E-state index in [1.165, 1.54) is 0 Å². The first-order valence-corrected chi connectivity index (χ1v) is 12.9. The van der Waals surface area contributed by atoms with Gasteiger partial charge in [-0.3, -0.25) is 0 Å². The largest absolute Gasteiger partial charge is 0.388 e. The number of fused-ring (bicyclic) bond motifs is 2. The zero-order chi connectivity index (χ0) is 24.3. The predicted molar refractivity (Wildman–Crippen MR) is 133 cm³/mol. The van der Waals surface area contributed by atoms with Crippen molar-refractivity contribution in [2.24, 2.45) is 5.73 Å². The highest BCUT2D eigenvalue weighted by atomic mass is 79.9. The molecule has 182 valence electrons. The van der Waals surface area contributed by atoms with Crippen molar-refractivity contribution in [2.75, 3.05) is 6.61 Å². The first-order valence-electron chi connectivity index (χ1n) is 11.3. The quantitative estimate of drug-likeness (QED) is 0.393. The van der Waals surface area contributed by atoms with Gasteiger partial charge >= 0.3 is 0 Å². The van der Waals surface area contributed by atoms with Gasteiger partial charge < -0.3 is 25.1 Å². The average Bonchev–Trinajstić information content (AvgIpc) is 3.43. The van der Waals surface area contributed by atoms with Crippen molar-refractivity contribution in [3.63, 3.8) is 0 Å². The smallest absolute Gasteiger partial charge is 0.184 e. The number of aryl methyl sites for hydroxylation is 2. The predicted octanol–water partition coefficient (Wildman–Crippen LogP) is 3.50. The van der Waals surface area contributed by atoms with Gasteiger partial charge in [-0.05, 0) is 41.9 Å². The number of halogens is 1. The summed E-state index contributed by atoms with van der Waals surface area (Å²) in [5, 5.41) is 16.8. The van der Waals surface area contributed by atoms with E-state index in [0.717, 1.165) is 30.9 Å². The lowest BCUT2D eigenvalue weighted by Crippen LogP contribution is -2.62. The van der Waals surface area contributed by atoms with E-state index in [1.54, 1.807) is 22.9 Å². The number of aliphatic hydroxyl groups excluding tert-OH is 1. The fourth-order valence-corrected chi connectivity index (χ4v) is 6.23. The van der Waals surface area contributed by atoms with Crippen LogP contribution >= 0.6 is 27.3 Å². The molecule has 6 atom stereocenters. The topological polar surface area (TPSA) is 118 Å². The van der Waals surface area contributed by atoms with E-state index in [1.807, 2.05) is 49.4 Å². The number of ether oxygens (including phenoxy) is 3. The van der Waals surface area contributed by atoms with Gasteiger partial charge in [0.25, 0.3) is 0 Å². The molecule has 2 aliphatic heterocycles. The first-order chi connectivity index (χ1) is 16.9. The molecule has 0 aliphatic carbocycles. The summed E-state index contributed by atoms with van der Waals surface area (Å²) in [4.78, 5) is 9.19. The second-order valence-electron chi connectivity index (χ2n) is 8.78. The lowest BCUT2D eigenvalue weighted by atomic mass is 9.92. The summed E-state index contributed by atoms with van der Waals surface area (Å²) < 4.78 is 22.0. The van der Waals surface area contributed by atoms with Crippen LogP contribution < -0.4 is 5.73 Å². The number of rotatable bonds is 3. The van der Waals surface area contributed by atoms with Crippen LogP contribution in [0.3, 0.4) is 0 Å². The fourth-order valence-electron chi connectivity index (χ4n) is 4.68. The van der Waals surface area contributed by atoms with Crippen molar-refractivity contribution in [1.82, 2.24) is 19.7 Å². The molecule has 9 nitrogen and oxygen atoms in total. The Hall–Kier alpha value is -2.25. The lowest BCUT2D eigenvalue weighted by Gasteiger charge is -2.46. The van der Waals surface area contributed by atoms with Gasteiger partial charge in [0.2, 0.25) is 0 Å². The van der Waals surface area contributed by atoms with Crippen LogP contribution in [-0.2, 0) is 14.2 Å². The maximum absolute atomic E-state index is 11.2. The third-order valence-electron chi connectivity index (χ3n) is 6.31. The van der Waals surface area contributed by atoms with Crippen LogP contribution in [0.4, 0.5) is 0 Å². The number of thiazole rings is 1. The van der Waals surface area contributed by atoms with E-state index in [-0.39, 0.29) is 6.61 Å². The number of benzene rings is 2. The van der Waals surface area contributed by atoms with Crippen LogP contribution in [0.25, 0.3) is 15.9 Å². The van der Waals surface area contributed by atoms with Gasteiger partial charge in [0.05, 0.1) is 33.6 Å². The molecule has 2 aromatic heterocycles. The van der Waals surface area contributed by atoms with Crippen molar-refractivity contribution in [3.05, 3.63) is 69.2 Å². The monoisotopic (exact) mass is 557 g/mol. The van der Waals surface area contributed by atoms with E-state index >= 15 is 0 Å². The molecular weight excluding hydrogens is 534 g/mol. The Kier molecular flexibility index (Phi) is 5.96. The zero-order valence-corrected chi connectivity index (χ0v) is 21.4. The SMILES string of the molecule is Cc1nc([C@@H]2OC3COC(c4ccccc4)O[C@@H]3[C@H](N)C2O)n(-c2cc(Br)c3nc(C)sc3c2)n1. The molecule has 11 heteroatoms. The summed E-state index contributed by atoms with van der Waals surface area (Å²) in [7, 11) is 0. The Morgan fingerprint density at radius 2 is 1.94 bits per heavy atom. The highest BCUT2D eigenvalue weighted by Crippen LogP contribution is 2.39. The number of hydrogen-bond donors (Lipinski definition) is 2. The molecule has 2 fully saturated rings. The normalized spacial score (nSPS) is 28.8. The van der Waals surface area contributed by atoms with Crippen molar-refractivity contribution >= 4 is 37.5 Å². The van der Waals surface area contributed by atoms with Crippen molar-refractivity contribution in [1.29, 1.82) is 0 Å². The average molecular weight is 558 g/mol. The van der Waals surface area contributed by atoms with Crippen LogP contribution in [0.15, 0.2) is 46.9 Å². The Morgan fingerprint density at radius 3 is 2.74 bits per heavy atom. The molecule has 0 saturated carbocycles. The summed E-state index contributed by atoms with van der Waals surface area (Å²) in [6.45, 7) is 4.06. The van der Waals surface area contributed by atoms with E-state index in [9.17, 15) is 5.11 Å². The van der Waals surface area contributed by atoms with Gasteiger partial charge in [0, 0.05) is 10.0 Å². The lowest BCUT2D eigenvalue weighted by molar-refractivity contribution is -0.309. The minimum atomic E-state index is -1.05. The molecule has 4 aromatic rings. The second kappa shape index (κ2) is 9.00. The summed E-state index contributed by atoms with van der Waals surface area (Å²) in [6, 6.07) is 12.9. The number of nitrogens with two attached hydrogens (primary N) is 1. The van der Waals surface area contributed by atoms with Crippen LogP contribution in [0.5, 0.6) is 0 Å². The summed E-state index contributed by atoms with van der Waals surface area (Å²) in [6.07, 6.45) is -3.39. The molecule has 0 radical (unpaired) electrons. The molecule has 4 heterocycles. The first kappa shape index (κ1) is 23.2. The molecule has 2 aromatic carbocycles. The Labute approximate surface area is 214 Å². The molecule has 0 bridgehead atoms. The molecule has 0 amide bonds. The van der Waals surface area contributed by atoms with Crippen LogP contribution in [0.1, 0.15) is 34.6 Å². The third-order valence-corrected chi connectivity index (χ3v) is 7.84. The standard InChI is InChI=1S/C24H24BrN5O4S/c1-11-27-23(30(29-11)14-8-15(25)19-17(9-14)35-12(2)28-19)22-20(31)18(26)21-16(33-22)10-32-24(34-21)13-6-4-3-5-7-13/h3-9,16,18,20-22,24,31H,10,26H2,1-2H3/t16?,18-,20?,21+,22-,24?/m1/s1. The number of aliphatic hydroxyl groups is 1. The second-order valence-corrected chi connectivity index (χ2v) is 10.9. The maximum atomic E-state index is 11.2. The minimum Gasteiger partial charge on any atom is -0.388 e. The molecule has 3 unspecified atom stereocenters. The van der Waals surface area contributed by atoms with E-state index in [0.29, 0.717) is 11.6 Å². The summed E-state index contributed by atoms with van der Waals surface area (Å²) >= 11 is 5.23. The third kappa shape index (κ3) is 4.10. The van der Waals surface area contributed by atoms with Gasteiger partial charge in [0.1, 0.15) is 30.2 Å². The maximum Gasteiger partial charge on any atom is 0.184 e. The summed E-state index contributed by atoms with van der Waals surface area (Å²) in [5.74, 6) is 1.03. The molecule has 2 aliphatic rings. The highest BCUT2D eigenvalue weighted by Gasteiger charge is 2.49. The van der Waals surface area contributed by atoms with Crippen LogP contribution in [0.2, 0.25) is 0 Å². The molecule has 3 N–H and O–H groups in total. The summed E-state index contributed by atoms with van der Waals surface area (Å²) in [5.41, 5.74) is 9.10. The highest BCUT2D eigenvalue weighted by molar-refractivity contribution is 9.10. The molecular formula is C24H24BrN5O4S. The van der Waals surface area contributed by atoms with Gasteiger partial charge in [-0.25, -0.2) is 14.6 Å². The van der Waals surface area contributed by atoms with E-state index < -0.39 is 36.7 Å². The molecule has 6 rings (SSSR count). The van der Waals surface area contributed by atoms with Gasteiger partial charge in [-0.1, -0.05) is 30.3 Å². The number of aromatic nitrogens is 4. The fraction of sp³-hybridized carbons (Fsp3) is 0.375. The number of nitrogens with zero attached hydrogens (tertiary/aromatic N) is 4. The number of hydrogen-bond acceptors (Lipinski definition) is 9. The Bertz CT molecular complexity index is 1380. The molecule has 2 saturated heterocycles. The molecule has 0 spiro atoms.